The third kappa shape index (κ3) is 5.23. The van der Waals surface area contributed by atoms with Gasteiger partial charge in [-0.15, -0.1) is 12.4 Å². The van der Waals surface area contributed by atoms with Crippen LogP contribution in [0.15, 0.2) is 65.6 Å². The molecule has 4 heterocycles. The normalized spacial score (nSPS) is 18.2. The second-order valence-electron chi connectivity index (χ2n) is 8.94. The molecule has 188 valence electrons. The second kappa shape index (κ2) is 10.9. The first kappa shape index (κ1) is 25.3. The minimum atomic E-state index is -0.257. The lowest BCUT2D eigenvalue weighted by Gasteiger charge is -2.43. The van der Waals surface area contributed by atoms with Crippen LogP contribution in [0.3, 0.4) is 0 Å². The van der Waals surface area contributed by atoms with Crippen molar-refractivity contribution < 1.29 is 14.3 Å². The van der Waals surface area contributed by atoms with Crippen molar-refractivity contribution in [3.63, 3.8) is 0 Å². The largest absolute Gasteiger partial charge is 0.497 e. The number of carbonyl (C=O) groups is 1. The molecule has 0 saturated carbocycles. The molecule has 2 aliphatic heterocycles. The third-order valence-electron chi connectivity index (χ3n) is 6.67. The minimum absolute atomic E-state index is 0. The van der Waals surface area contributed by atoms with E-state index in [1.165, 1.54) is 6.08 Å². The molecule has 0 aliphatic carbocycles. The number of amides is 1. The number of rotatable bonds is 6. The summed E-state index contributed by atoms with van der Waals surface area (Å²) in [4.78, 5) is 31.6. The van der Waals surface area contributed by atoms with Gasteiger partial charge in [0.2, 0.25) is 5.91 Å². The van der Waals surface area contributed by atoms with Gasteiger partial charge in [0.05, 0.1) is 26.1 Å². The number of anilines is 2. The van der Waals surface area contributed by atoms with E-state index in [4.69, 9.17) is 9.47 Å². The van der Waals surface area contributed by atoms with Crippen LogP contribution in [0.2, 0.25) is 0 Å². The molecule has 2 unspecified atom stereocenters. The summed E-state index contributed by atoms with van der Waals surface area (Å²) in [5, 5.41) is 2.85. The van der Waals surface area contributed by atoms with Crippen LogP contribution in [0.1, 0.15) is 23.6 Å². The van der Waals surface area contributed by atoms with Gasteiger partial charge in [-0.1, -0.05) is 6.07 Å². The van der Waals surface area contributed by atoms with Crippen LogP contribution in [-0.4, -0.2) is 42.8 Å². The average molecular weight is 509 g/mol. The second-order valence-corrected chi connectivity index (χ2v) is 8.94. The Morgan fingerprint density at radius 1 is 1.08 bits per heavy atom. The fraction of sp³-hybridized carbons (Fsp3) is 0.296. The molecule has 5 rings (SSSR count). The van der Waals surface area contributed by atoms with E-state index in [-0.39, 0.29) is 23.9 Å². The number of carbonyl (C=O) groups excluding carboxylic acids is 1. The number of nitrogens with zero attached hydrogens (tertiary/aromatic N) is 3. The first-order chi connectivity index (χ1) is 17.0. The van der Waals surface area contributed by atoms with Crippen LogP contribution >= 0.6 is 12.4 Å². The smallest absolute Gasteiger partial charge is 0.250 e. The molecule has 36 heavy (non-hydrogen) atoms. The van der Waals surface area contributed by atoms with Crippen molar-refractivity contribution in [1.29, 1.82) is 0 Å². The van der Waals surface area contributed by atoms with Crippen LogP contribution in [0.5, 0.6) is 11.5 Å². The Bertz CT molecular complexity index is 1320. The Labute approximate surface area is 216 Å². The maximum Gasteiger partial charge on any atom is 0.250 e. The number of pyridine rings is 2. The van der Waals surface area contributed by atoms with Gasteiger partial charge in [-0.2, -0.15) is 0 Å². The van der Waals surface area contributed by atoms with Crippen LogP contribution in [-0.2, 0) is 11.3 Å². The molecule has 2 bridgehead atoms. The van der Waals surface area contributed by atoms with E-state index in [1.54, 1.807) is 38.6 Å². The lowest BCUT2D eigenvalue weighted by molar-refractivity contribution is -0.111. The highest BCUT2D eigenvalue weighted by atomic mass is 35.5. The molecule has 9 heteroatoms. The summed E-state index contributed by atoms with van der Waals surface area (Å²) >= 11 is 0. The van der Waals surface area contributed by atoms with E-state index in [9.17, 15) is 9.59 Å². The first-order valence-electron chi connectivity index (χ1n) is 11.7. The number of nitrogens with one attached hydrogen (secondary N) is 1. The Balaban J connectivity index is 0.00000304. The fourth-order valence-corrected chi connectivity index (χ4v) is 5.04. The van der Waals surface area contributed by atoms with Crippen LogP contribution in [0.4, 0.5) is 11.5 Å². The number of methoxy groups -OCH3 is 2. The van der Waals surface area contributed by atoms with Crippen molar-refractivity contribution >= 4 is 35.9 Å². The summed E-state index contributed by atoms with van der Waals surface area (Å²) in [5.74, 6) is 2.67. The molecular formula is C27H29ClN4O4. The molecular weight excluding hydrogens is 480 g/mol. The summed E-state index contributed by atoms with van der Waals surface area (Å²) in [6.07, 6.45) is 5.94. The SMILES string of the molecule is COc1ccc(C=CC(=O)Nc2ccc(N3CC4CC(C3)c3cccc(=O)n3C4)nc2)c(OC)c1.Cl. The molecule has 2 aromatic heterocycles. The Morgan fingerprint density at radius 3 is 2.69 bits per heavy atom. The number of hydrogen-bond donors (Lipinski definition) is 1. The number of piperidine rings is 1. The molecule has 1 aromatic carbocycles. The predicted octanol–water partition coefficient (Wildman–Crippen LogP) is 3.96. The average Bonchev–Trinajstić information content (AvgIpc) is 2.88. The van der Waals surface area contributed by atoms with Gasteiger partial charge in [-0.25, -0.2) is 4.98 Å². The van der Waals surface area contributed by atoms with E-state index in [0.29, 0.717) is 29.0 Å². The molecule has 2 aliphatic rings. The van der Waals surface area contributed by atoms with Gasteiger partial charge in [0, 0.05) is 55.0 Å². The summed E-state index contributed by atoms with van der Waals surface area (Å²) in [5.41, 5.74) is 2.60. The van der Waals surface area contributed by atoms with Gasteiger partial charge in [0.15, 0.2) is 0 Å². The molecule has 1 amide bonds. The number of ether oxygens (including phenoxy) is 2. The quantitative estimate of drug-likeness (QED) is 0.507. The lowest BCUT2D eigenvalue weighted by Crippen LogP contribution is -2.47. The lowest BCUT2D eigenvalue weighted by atomic mass is 9.83. The van der Waals surface area contributed by atoms with Gasteiger partial charge < -0.3 is 24.3 Å². The van der Waals surface area contributed by atoms with Crippen molar-refractivity contribution in [2.24, 2.45) is 5.92 Å². The van der Waals surface area contributed by atoms with E-state index in [1.807, 2.05) is 34.9 Å². The standard InChI is InChI=1S/C27H28N4O4.ClH/c1-34-22-9-6-19(24(13-22)35-2)7-11-26(32)29-21-8-10-25(28-14-21)30-15-18-12-20(17-30)23-4-3-5-27(33)31(23)16-18;/h3-11,13-14,18,20H,12,15-17H2,1-2H3,(H,29,32);1H. The number of halogens is 1. The van der Waals surface area contributed by atoms with Crippen molar-refractivity contribution in [2.45, 2.75) is 18.9 Å². The zero-order valence-corrected chi connectivity index (χ0v) is 21.0. The van der Waals surface area contributed by atoms with E-state index in [0.717, 1.165) is 43.1 Å². The van der Waals surface area contributed by atoms with Gasteiger partial charge in [-0.05, 0) is 48.7 Å². The highest BCUT2D eigenvalue weighted by molar-refractivity contribution is 6.02. The van der Waals surface area contributed by atoms with Crippen LogP contribution in [0, 0.1) is 5.92 Å². The maximum absolute atomic E-state index is 12.4. The van der Waals surface area contributed by atoms with Crippen molar-refractivity contribution in [3.8, 4) is 11.5 Å². The molecule has 8 nitrogen and oxygen atoms in total. The van der Waals surface area contributed by atoms with Gasteiger partial charge >= 0.3 is 0 Å². The first-order valence-corrected chi connectivity index (χ1v) is 11.7. The zero-order valence-electron chi connectivity index (χ0n) is 20.2. The predicted molar refractivity (Wildman–Crippen MR) is 142 cm³/mol. The molecule has 1 N–H and O–H groups in total. The summed E-state index contributed by atoms with van der Waals surface area (Å²) in [7, 11) is 3.17. The third-order valence-corrected chi connectivity index (χ3v) is 6.67. The minimum Gasteiger partial charge on any atom is -0.497 e. The molecule has 2 atom stereocenters. The van der Waals surface area contributed by atoms with E-state index < -0.39 is 0 Å². The van der Waals surface area contributed by atoms with Crippen molar-refractivity contribution in [1.82, 2.24) is 9.55 Å². The Hall–Kier alpha value is -3.78. The molecule has 0 spiro atoms. The highest BCUT2D eigenvalue weighted by Gasteiger charge is 2.34. The summed E-state index contributed by atoms with van der Waals surface area (Å²) in [6.45, 7) is 2.44. The number of fused-ring (bicyclic) bond motifs is 4. The Morgan fingerprint density at radius 2 is 1.94 bits per heavy atom. The molecule has 1 fully saturated rings. The number of benzene rings is 1. The summed E-state index contributed by atoms with van der Waals surface area (Å²) < 4.78 is 12.5. The number of aromatic nitrogens is 2. The number of hydrogen-bond acceptors (Lipinski definition) is 6. The van der Waals surface area contributed by atoms with Crippen molar-refractivity contribution in [2.75, 3.05) is 37.5 Å². The van der Waals surface area contributed by atoms with Gasteiger partial charge in [0.1, 0.15) is 17.3 Å². The highest BCUT2D eigenvalue weighted by Crippen LogP contribution is 2.36. The molecule has 0 radical (unpaired) electrons. The van der Waals surface area contributed by atoms with Gasteiger partial charge in [-0.3, -0.25) is 9.59 Å². The monoisotopic (exact) mass is 508 g/mol. The topological polar surface area (TPSA) is 85.7 Å². The van der Waals surface area contributed by atoms with Gasteiger partial charge in [0.25, 0.3) is 5.56 Å². The zero-order chi connectivity index (χ0) is 24.4. The van der Waals surface area contributed by atoms with Crippen LogP contribution < -0.4 is 25.2 Å². The van der Waals surface area contributed by atoms with Crippen molar-refractivity contribution in [3.05, 3.63) is 82.4 Å². The van der Waals surface area contributed by atoms with Crippen LogP contribution in [0.25, 0.3) is 6.08 Å². The van der Waals surface area contributed by atoms with E-state index >= 15 is 0 Å². The summed E-state index contributed by atoms with van der Waals surface area (Å²) in [6, 6.07) is 14.8. The van der Waals surface area contributed by atoms with E-state index in [2.05, 4.69) is 21.3 Å². The fourth-order valence-electron chi connectivity index (χ4n) is 5.04. The molecule has 1 saturated heterocycles. The molecule has 3 aromatic rings. The maximum atomic E-state index is 12.4. The Kier molecular flexibility index (Phi) is 7.64.